The van der Waals surface area contributed by atoms with Crippen molar-refractivity contribution in [2.45, 2.75) is 26.7 Å². The third-order valence-corrected chi connectivity index (χ3v) is 3.05. The van der Waals surface area contributed by atoms with Crippen molar-refractivity contribution in [1.29, 1.82) is 0 Å². The molecule has 3 N–H and O–H groups in total. The van der Waals surface area contributed by atoms with E-state index in [0.717, 1.165) is 41.5 Å². The second-order valence-electron chi connectivity index (χ2n) is 4.67. The summed E-state index contributed by atoms with van der Waals surface area (Å²) in [4.78, 5) is 0. The highest BCUT2D eigenvalue weighted by atomic mass is 16.5. The maximum Gasteiger partial charge on any atom is 0.152 e. The van der Waals surface area contributed by atoms with Crippen LogP contribution in [0.5, 0.6) is 5.75 Å². The van der Waals surface area contributed by atoms with E-state index < -0.39 is 0 Å². The number of aryl methyl sites for hydroxylation is 2. The number of rotatable bonds is 6. The Morgan fingerprint density at radius 1 is 1.35 bits per heavy atom. The first-order valence-corrected chi connectivity index (χ1v) is 6.97. The van der Waals surface area contributed by atoms with Crippen molar-refractivity contribution >= 4 is 17.2 Å². The maximum atomic E-state index is 6.16. The fraction of sp³-hybridized carbons (Fsp3) is 0.400. The zero-order valence-corrected chi connectivity index (χ0v) is 12.3. The van der Waals surface area contributed by atoms with Gasteiger partial charge in [-0.2, -0.15) is 5.10 Å². The van der Waals surface area contributed by atoms with Crippen LogP contribution in [0.1, 0.15) is 26.0 Å². The van der Waals surface area contributed by atoms with E-state index in [4.69, 9.17) is 10.5 Å². The third-order valence-electron chi connectivity index (χ3n) is 3.05. The van der Waals surface area contributed by atoms with Gasteiger partial charge in [0, 0.05) is 18.8 Å². The summed E-state index contributed by atoms with van der Waals surface area (Å²) in [6, 6.07) is 7.82. The Balaban J connectivity index is 2.23. The lowest BCUT2D eigenvalue weighted by molar-refractivity contribution is 0.340. The predicted octanol–water partition coefficient (Wildman–Crippen LogP) is 3.10. The van der Waals surface area contributed by atoms with Gasteiger partial charge in [-0.05, 0) is 25.5 Å². The summed E-state index contributed by atoms with van der Waals surface area (Å²) in [7, 11) is 1.89. The molecular formula is C15H22N4O. The minimum atomic E-state index is 0.651. The molecule has 0 atom stereocenters. The fourth-order valence-electron chi connectivity index (χ4n) is 2.13. The molecule has 5 nitrogen and oxygen atoms in total. The Bertz CT molecular complexity index is 577. The number of aromatic nitrogens is 2. The average molecular weight is 274 g/mol. The molecule has 0 aliphatic heterocycles. The van der Waals surface area contributed by atoms with E-state index in [1.54, 1.807) is 4.68 Å². The first-order chi connectivity index (χ1) is 9.65. The fourth-order valence-corrected chi connectivity index (χ4v) is 2.13. The van der Waals surface area contributed by atoms with Crippen LogP contribution in [0, 0.1) is 0 Å². The number of nitrogens with zero attached hydrogens (tertiary/aromatic N) is 2. The molecule has 5 heteroatoms. The topological polar surface area (TPSA) is 65.1 Å². The highest BCUT2D eigenvalue weighted by Gasteiger charge is 2.12. The lowest BCUT2D eigenvalue weighted by Crippen LogP contribution is -2.01. The number of nitrogens with two attached hydrogens (primary N) is 1. The van der Waals surface area contributed by atoms with Gasteiger partial charge in [-0.25, -0.2) is 0 Å². The number of anilines is 3. The molecule has 0 radical (unpaired) electrons. The summed E-state index contributed by atoms with van der Waals surface area (Å²) in [5, 5.41) is 7.77. The quantitative estimate of drug-likeness (QED) is 0.849. The number of benzene rings is 1. The summed E-state index contributed by atoms with van der Waals surface area (Å²) < 4.78 is 7.28. The SMILES string of the molecule is CCCc1nn(C)c(Nc2cccc(OCC)c2)c1N. The largest absolute Gasteiger partial charge is 0.494 e. The van der Waals surface area contributed by atoms with Crippen molar-refractivity contribution in [2.24, 2.45) is 7.05 Å². The van der Waals surface area contributed by atoms with Crippen molar-refractivity contribution in [3.63, 3.8) is 0 Å². The van der Waals surface area contributed by atoms with Gasteiger partial charge in [0.1, 0.15) is 5.75 Å². The van der Waals surface area contributed by atoms with E-state index >= 15 is 0 Å². The van der Waals surface area contributed by atoms with Crippen LogP contribution in [-0.2, 0) is 13.5 Å². The summed E-state index contributed by atoms with van der Waals surface area (Å²) in [5.41, 5.74) is 8.76. The molecule has 1 aromatic carbocycles. The Morgan fingerprint density at radius 3 is 2.85 bits per heavy atom. The molecule has 0 saturated carbocycles. The second kappa shape index (κ2) is 6.32. The molecule has 0 amide bonds. The van der Waals surface area contributed by atoms with E-state index in [1.807, 2.05) is 38.2 Å². The van der Waals surface area contributed by atoms with Gasteiger partial charge in [0.2, 0.25) is 0 Å². The average Bonchev–Trinajstić information content (AvgIpc) is 2.68. The molecule has 0 fully saturated rings. The second-order valence-corrected chi connectivity index (χ2v) is 4.67. The van der Waals surface area contributed by atoms with Crippen LogP contribution in [0.2, 0.25) is 0 Å². The molecule has 2 aromatic rings. The van der Waals surface area contributed by atoms with Gasteiger partial charge < -0.3 is 15.8 Å². The number of ether oxygens (including phenoxy) is 1. The minimum Gasteiger partial charge on any atom is -0.494 e. The number of hydrogen-bond donors (Lipinski definition) is 2. The van der Waals surface area contributed by atoms with Crippen molar-refractivity contribution in [3.8, 4) is 5.75 Å². The van der Waals surface area contributed by atoms with Crippen LogP contribution < -0.4 is 15.8 Å². The third kappa shape index (κ3) is 3.04. The molecule has 0 spiro atoms. The van der Waals surface area contributed by atoms with E-state index in [1.165, 1.54) is 0 Å². The van der Waals surface area contributed by atoms with Crippen molar-refractivity contribution in [1.82, 2.24) is 9.78 Å². The maximum absolute atomic E-state index is 6.16. The molecular weight excluding hydrogens is 252 g/mol. The molecule has 0 unspecified atom stereocenters. The highest BCUT2D eigenvalue weighted by molar-refractivity contribution is 5.71. The number of nitrogens with one attached hydrogen (secondary N) is 1. The van der Waals surface area contributed by atoms with Gasteiger partial charge in [0.05, 0.1) is 18.0 Å². The monoisotopic (exact) mass is 274 g/mol. The normalized spacial score (nSPS) is 10.6. The van der Waals surface area contributed by atoms with Crippen LogP contribution in [-0.4, -0.2) is 16.4 Å². The summed E-state index contributed by atoms with van der Waals surface area (Å²) >= 11 is 0. The van der Waals surface area contributed by atoms with Crippen molar-refractivity contribution < 1.29 is 4.74 Å². The van der Waals surface area contributed by atoms with Crippen LogP contribution in [0.4, 0.5) is 17.2 Å². The summed E-state index contributed by atoms with van der Waals surface area (Å²) in [6.45, 7) is 4.74. The van der Waals surface area contributed by atoms with Crippen molar-refractivity contribution in [3.05, 3.63) is 30.0 Å². The lowest BCUT2D eigenvalue weighted by Gasteiger charge is -2.09. The highest BCUT2D eigenvalue weighted by Crippen LogP contribution is 2.28. The predicted molar refractivity (Wildman–Crippen MR) is 82.5 cm³/mol. The van der Waals surface area contributed by atoms with Gasteiger partial charge >= 0.3 is 0 Å². The first-order valence-electron chi connectivity index (χ1n) is 6.97. The van der Waals surface area contributed by atoms with Crippen LogP contribution in [0.3, 0.4) is 0 Å². The molecule has 0 saturated heterocycles. The molecule has 108 valence electrons. The van der Waals surface area contributed by atoms with Gasteiger partial charge in [0.15, 0.2) is 5.82 Å². The minimum absolute atomic E-state index is 0.651. The number of nitrogen functional groups attached to an aromatic ring is 1. The molecule has 0 aliphatic carbocycles. The zero-order chi connectivity index (χ0) is 14.5. The Kier molecular flexibility index (Phi) is 4.50. The molecule has 0 aliphatic rings. The Labute approximate surface area is 119 Å². The Hall–Kier alpha value is -2.17. The molecule has 0 bridgehead atoms. The summed E-state index contributed by atoms with van der Waals surface area (Å²) in [6.07, 6.45) is 1.92. The molecule has 1 heterocycles. The van der Waals surface area contributed by atoms with E-state index in [2.05, 4.69) is 17.3 Å². The lowest BCUT2D eigenvalue weighted by atomic mass is 10.2. The first kappa shape index (κ1) is 14.2. The van der Waals surface area contributed by atoms with E-state index in [0.29, 0.717) is 6.61 Å². The smallest absolute Gasteiger partial charge is 0.152 e. The number of hydrogen-bond acceptors (Lipinski definition) is 4. The van der Waals surface area contributed by atoms with Crippen molar-refractivity contribution in [2.75, 3.05) is 17.7 Å². The van der Waals surface area contributed by atoms with Crippen LogP contribution >= 0.6 is 0 Å². The molecule has 20 heavy (non-hydrogen) atoms. The van der Waals surface area contributed by atoms with E-state index in [-0.39, 0.29) is 0 Å². The van der Waals surface area contributed by atoms with Gasteiger partial charge in [-0.1, -0.05) is 19.4 Å². The van der Waals surface area contributed by atoms with Gasteiger partial charge in [0.25, 0.3) is 0 Å². The standard InChI is InChI=1S/C15H22N4O/c1-4-7-13-14(16)15(19(3)18-13)17-11-8-6-9-12(10-11)20-5-2/h6,8-10,17H,4-5,7,16H2,1-3H3. The van der Waals surface area contributed by atoms with Gasteiger partial charge in [-0.15, -0.1) is 0 Å². The van der Waals surface area contributed by atoms with E-state index in [9.17, 15) is 0 Å². The molecule has 1 aromatic heterocycles. The zero-order valence-electron chi connectivity index (χ0n) is 12.3. The molecule has 2 rings (SSSR count). The van der Waals surface area contributed by atoms with Crippen LogP contribution in [0.25, 0.3) is 0 Å². The van der Waals surface area contributed by atoms with Gasteiger partial charge in [-0.3, -0.25) is 4.68 Å². The Morgan fingerprint density at radius 2 is 2.15 bits per heavy atom. The van der Waals surface area contributed by atoms with Crippen LogP contribution in [0.15, 0.2) is 24.3 Å². The summed E-state index contributed by atoms with van der Waals surface area (Å²) in [5.74, 6) is 1.66.